The molecule has 0 atom stereocenters. The fourth-order valence-corrected chi connectivity index (χ4v) is 3.37. The predicted molar refractivity (Wildman–Crippen MR) is 129 cm³/mol. The second kappa shape index (κ2) is 9.34. The minimum atomic E-state index is 0.638. The van der Waals surface area contributed by atoms with Gasteiger partial charge in [-0.2, -0.15) is 0 Å². The van der Waals surface area contributed by atoms with E-state index in [2.05, 4.69) is 39.6 Å². The monoisotopic (exact) mass is 427 g/mol. The number of aliphatic imine (C=N–C) groups is 1. The highest BCUT2D eigenvalue weighted by Gasteiger charge is 2.12. The number of allylic oxidation sites excluding steroid dienone is 1. The molecule has 0 aliphatic heterocycles. The lowest BCUT2D eigenvalue weighted by atomic mass is 10.0. The van der Waals surface area contributed by atoms with Crippen molar-refractivity contribution in [3.63, 3.8) is 0 Å². The first-order chi connectivity index (χ1) is 15.6. The Balaban J connectivity index is 1.70. The number of hydrogen-bond acceptors (Lipinski definition) is 6. The largest absolute Gasteiger partial charge is 0.493 e. The highest BCUT2D eigenvalue weighted by atomic mass is 16.5. The number of hydrogen-bond donors (Lipinski definition) is 1. The van der Waals surface area contributed by atoms with E-state index in [9.17, 15) is 0 Å². The number of rotatable bonds is 7. The van der Waals surface area contributed by atoms with Crippen molar-refractivity contribution < 1.29 is 9.47 Å². The Kier molecular flexibility index (Phi) is 6.17. The molecule has 2 heterocycles. The van der Waals surface area contributed by atoms with Crippen LogP contribution in [0.1, 0.15) is 19.4 Å². The lowest BCUT2D eigenvalue weighted by Crippen LogP contribution is -2.01. The summed E-state index contributed by atoms with van der Waals surface area (Å²) < 4.78 is 12.7. The predicted octanol–water partition coefficient (Wildman–Crippen LogP) is 5.61. The smallest absolute Gasteiger partial charge is 0.180 e. The van der Waals surface area contributed by atoms with Gasteiger partial charge in [0.05, 0.1) is 19.9 Å². The third-order valence-electron chi connectivity index (χ3n) is 5.07. The van der Waals surface area contributed by atoms with Crippen molar-refractivity contribution >= 4 is 28.9 Å². The molecule has 0 amide bonds. The van der Waals surface area contributed by atoms with Crippen LogP contribution in [0, 0.1) is 0 Å². The molecule has 0 fully saturated rings. The van der Waals surface area contributed by atoms with Crippen LogP contribution in [0.15, 0.2) is 72.2 Å². The van der Waals surface area contributed by atoms with E-state index in [1.807, 2.05) is 55.0 Å². The zero-order valence-corrected chi connectivity index (χ0v) is 18.5. The molecule has 1 N–H and O–H groups in total. The summed E-state index contributed by atoms with van der Waals surface area (Å²) in [5, 5.41) is 3.37. The van der Waals surface area contributed by atoms with Crippen molar-refractivity contribution in [2.75, 3.05) is 19.5 Å². The van der Waals surface area contributed by atoms with Crippen LogP contribution in [-0.4, -0.2) is 34.8 Å². The minimum absolute atomic E-state index is 0.638. The Hall–Kier alpha value is -4.13. The maximum Gasteiger partial charge on any atom is 0.180 e. The molecule has 2 aromatic heterocycles. The van der Waals surface area contributed by atoms with Crippen molar-refractivity contribution in [3.05, 3.63) is 72.8 Å². The second-order valence-electron chi connectivity index (χ2n) is 7.12. The van der Waals surface area contributed by atoms with Crippen molar-refractivity contribution in [1.82, 2.24) is 14.4 Å². The van der Waals surface area contributed by atoms with Crippen molar-refractivity contribution in [2.45, 2.75) is 13.8 Å². The van der Waals surface area contributed by atoms with Crippen LogP contribution in [0.3, 0.4) is 0 Å². The number of fused-ring (bicyclic) bond motifs is 1. The van der Waals surface area contributed by atoms with E-state index in [-0.39, 0.29) is 0 Å². The summed E-state index contributed by atoms with van der Waals surface area (Å²) in [6, 6.07) is 13.9. The molecule has 0 radical (unpaired) electrons. The summed E-state index contributed by atoms with van der Waals surface area (Å²) in [7, 11) is 3.23. The molecule has 162 valence electrons. The summed E-state index contributed by atoms with van der Waals surface area (Å²) >= 11 is 0. The van der Waals surface area contributed by atoms with Gasteiger partial charge < -0.3 is 19.2 Å². The molecule has 0 bridgehead atoms. The van der Waals surface area contributed by atoms with Crippen LogP contribution in [-0.2, 0) is 0 Å². The first kappa shape index (κ1) is 21.1. The molecule has 4 aromatic rings. The fourth-order valence-electron chi connectivity index (χ4n) is 3.37. The zero-order valence-electron chi connectivity index (χ0n) is 18.5. The molecule has 0 saturated heterocycles. The fraction of sp³-hybridized carbons (Fsp3) is 0.160. The van der Waals surface area contributed by atoms with Gasteiger partial charge in [0.1, 0.15) is 0 Å². The third kappa shape index (κ3) is 4.32. The number of methoxy groups -OCH3 is 2. The SMILES string of the molecule is CC=NC=C(C)c1ccc(-c2cn3ccnc3c(Nc3ccc(OC)c(OC)c3)n2)cc1. The van der Waals surface area contributed by atoms with Gasteiger partial charge >= 0.3 is 0 Å². The molecule has 0 saturated carbocycles. The molecule has 0 aliphatic carbocycles. The number of ether oxygens (including phenoxy) is 2. The van der Waals surface area contributed by atoms with E-state index in [0.717, 1.165) is 33.7 Å². The number of benzene rings is 2. The molecule has 0 aliphatic rings. The standard InChI is InChI=1S/C25H25N5O2/c1-5-26-15-17(2)18-6-8-19(9-7-18)21-16-30-13-12-27-25(30)24(29-21)28-20-10-11-22(31-3)23(14-20)32-4/h5-16H,1-4H3,(H,28,29). The Morgan fingerprint density at radius 2 is 1.84 bits per heavy atom. The normalized spacial score (nSPS) is 11.8. The molecule has 0 spiro atoms. The summed E-state index contributed by atoms with van der Waals surface area (Å²) in [6.07, 6.45) is 9.27. The zero-order chi connectivity index (χ0) is 22.5. The van der Waals surface area contributed by atoms with Crippen LogP contribution in [0.25, 0.3) is 22.5 Å². The van der Waals surface area contributed by atoms with Crippen LogP contribution >= 0.6 is 0 Å². The van der Waals surface area contributed by atoms with Gasteiger partial charge in [-0.15, -0.1) is 0 Å². The van der Waals surface area contributed by atoms with Crippen LogP contribution < -0.4 is 14.8 Å². The highest BCUT2D eigenvalue weighted by molar-refractivity contribution is 5.75. The average molecular weight is 428 g/mol. The minimum Gasteiger partial charge on any atom is -0.493 e. The van der Waals surface area contributed by atoms with Gasteiger partial charge in [0.15, 0.2) is 23.0 Å². The number of anilines is 2. The van der Waals surface area contributed by atoms with Gasteiger partial charge in [-0.3, -0.25) is 4.99 Å². The van der Waals surface area contributed by atoms with Gasteiger partial charge in [0.25, 0.3) is 0 Å². The van der Waals surface area contributed by atoms with Crippen LogP contribution in [0.5, 0.6) is 11.5 Å². The Bertz CT molecular complexity index is 1290. The van der Waals surface area contributed by atoms with Crippen LogP contribution in [0.4, 0.5) is 11.5 Å². The molecule has 7 nitrogen and oxygen atoms in total. The molecule has 4 rings (SSSR count). The molecule has 32 heavy (non-hydrogen) atoms. The van der Waals surface area contributed by atoms with E-state index in [4.69, 9.17) is 14.5 Å². The summed E-state index contributed by atoms with van der Waals surface area (Å²) in [6.45, 7) is 3.95. The van der Waals surface area contributed by atoms with E-state index < -0.39 is 0 Å². The lowest BCUT2D eigenvalue weighted by Gasteiger charge is -2.13. The molecular weight excluding hydrogens is 402 g/mol. The Morgan fingerprint density at radius 1 is 1.06 bits per heavy atom. The topological polar surface area (TPSA) is 73.0 Å². The number of imidazole rings is 1. The van der Waals surface area contributed by atoms with E-state index >= 15 is 0 Å². The first-order valence-electron chi connectivity index (χ1n) is 10.2. The van der Waals surface area contributed by atoms with E-state index in [1.54, 1.807) is 26.6 Å². The summed E-state index contributed by atoms with van der Waals surface area (Å²) in [5.74, 6) is 1.95. The first-order valence-corrected chi connectivity index (χ1v) is 10.2. The summed E-state index contributed by atoms with van der Waals surface area (Å²) in [4.78, 5) is 13.5. The Morgan fingerprint density at radius 3 is 2.56 bits per heavy atom. The van der Waals surface area contributed by atoms with E-state index in [1.165, 1.54) is 0 Å². The number of nitrogens with zero attached hydrogens (tertiary/aromatic N) is 4. The van der Waals surface area contributed by atoms with Crippen LogP contribution in [0.2, 0.25) is 0 Å². The van der Waals surface area contributed by atoms with Gasteiger partial charge in [0, 0.05) is 48.3 Å². The molecule has 0 unspecified atom stereocenters. The Labute approximate surface area is 187 Å². The second-order valence-corrected chi connectivity index (χ2v) is 7.12. The maximum absolute atomic E-state index is 5.42. The molecule has 7 heteroatoms. The van der Waals surface area contributed by atoms with Gasteiger partial charge in [-0.1, -0.05) is 24.3 Å². The van der Waals surface area contributed by atoms with Gasteiger partial charge in [-0.05, 0) is 37.1 Å². The lowest BCUT2D eigenvalue weighted by molar-refractivity contribution is 0.355. The number of aromatic nitrogens is 3. The molecular formula is C25H25N5O2. The van der Waals surface area contributed by atoms with Crippen molar-refractivity contribution in [2.24, 2.45) is 4.99 Å². The van der Waals surface area contributed by atoms with Crippen molar-refractivity contribution in [3.8, 4) is 22.8 Å². The number of nitrogens with one attached hydrogen (secondary N) is 1. The highest BCUT2D eigenvalue weighted by Crippen LogP contribution is 2.32. The maximum atomic E-state index is 5.42. The van der Waals surface area contributed by atoms with Gasteiger partial charge in [-0.25, -0.2) is 9.97 Å². The van der Waals surface area contributed by atoms with Crippen molar-refractivity contribution in [1.29, 1.82) is 0 Å². The van der Waals surface area contributed by atoms with E-state index in [0.29, 0.717) is 17.3 Å². The third-order valence-corrected chi connectivity index (χ3v) is 5.07. The quantitative estimate of drug-likeness (QED) is 0.388. The molecule has 2 aromatic carbocycles. The average Bonchev–Trinajstić information content (AvgIpc) is 3.31. The summed E-state index contributed by atoms with van der Waals surface area (Å²) in [5.41, 5.74) is 5.61. The van der Waals surface area contributed by atoms with Gasteiger partial charge in [0.2, 0.25) is 0 Å².